The minimum atomic E-state index is -0.476. The van der Waals surface area contributed by atoms with Crippen LogP contribution in [0.3, 0.4) is 0 Å². The molecule has 0 bridgehead atoms. The molecule has 3 nitrogen and oxygen atoms in total. The molecule has 1 aliphatic carbocycles. The summed E-state index contributed by atoms with van der Waals surface area (Å²) in [5.41, 5.74) is -0.926. The van der Waals surface area contributed by atoms with Crippen LogP contribution in [0.15, 0.2) is 12.2 Å². The molecule has 0 aromatic rings. The predicted octanol–water partition coefficient (Wildman–Crippen LogP) is 1.84. The van der Waals surface area contributed by atoms with Crippen molar-refractivity contribution in [2.45, 2.75) is 57.8 Å². The minimum absolute atomic E-state index is 0.192. The van der Waals surface area contributed by atoms with Crippen molar-refractivity contribution >= 4 is 5.78 Å². The van der Waals surface area contributed by atoms with Gasteiger partial charge in [-0.3, -0.25) is 4.79 Å². The predicted molar refractivity (Wildman–Crippen MR) is 61.1 cm³/mol. The normalized spacial score (nSPS) is 43.2. The van der Waals surface area contributed by atoms with Crippen LogP contribution in [0.1, 0.15) is 40.5 Å². The van der Waals surface area contributed by atoms with Crippen LogP contribution in [0.25, 0.3) is 0 Å². The molecule has 1 heterocycles. The van der Waals surface area contributed by atoms with Crippen LogP contribution in [0, 0.1) is 5.41 Å². The Labute approximate surface area is 96.5 Å². The number of ketones is 1. The molecule has 0 spiro atoms. The van der Waals surface area contributed by atoms with E-state index in [0.29, 0.717) is 12.8 Å². The average molecular weight is 224 g/mol. The Balaban J connectivity index is 2.31. The van der Waals surface area contributed by atoms with Gasteiger partial charge in [-0.05, 0) is 13.8 Å². The number of rotatable bonds is 2. The molecular formula is C13H20O3. The molecule has 3 unspecified atom stereocenters. The van der Waals surface area contributed by atoms with Crippen LogP contribution in [-0.4, -0.2) is 28.2 Å². The largest absolute Gasteiger partial charge is 0.389 e. The molecule has 2 aliphatic rings. The number of Topliss-reactive ketones (excluding diaryl/α,β-unsaturated/α-hetero) is 1. The van der Waals surface area contributed by atoms with Crippen molar-refractivity contribution in [3.8, 4) is 0 Å². The van der Waals surface area contributed by atoms with Gasteiger partial charge >= 0.3 is 0 Å². The van der Waals surface area contributed by atoms with Crippen molar-refractivity contribution in [2.75, 3.05) is 0 Å². The minimum Gasteiger partial charge on any atom is -0.389 e. The van der Waals surface area contributed by atoms with Gasteiger partial charge in [-0.15, -0.1) is 0 Å². The quantitative estimate of drug-likeness (QED) is 0.575. The summed E-state index contributed by atoms with van der Waals surface area (Å²) < 4.78 is 5.87. The fourth-order valence-corrected chi connectivity index (χ4v) is 3.12. The van der Waals surface area contributed by atoms with Crippen molar-refractivity contribution in [1.82, 2.24) is 0 Å². The second-order valence-corrected chi connectivity index (χ2v) is 5.94. The Kier molecular flexibility index (Phi) is 2.34. The van der Waals surface area contributed by atoms with Crippen LogP contribution in [0.2, 0.25) is 0 Å². The van der Waals surface area contributed by atoms with Gasteiger partial charge < -0.3 is 9.84 Å². The first-order valence-electron chi connectivity index (χ1n) is 5.82. The molecule has 0 aromatic carbocycles. The van der Waals surface area contributed by atoms with E-state index in [1.807, 2.05) is 13.0 Å². The maximum atomic E-state index is 11.6. The second kappa shape index (κ2) is 3.17. The van der Waals surface area contributed by atoms with Crippen molar-refractivity contribution in [3.05, 3.63) is 12.2 Å². The highest BCUT2D eigenvalue weighted by Gasteiger charge is 2.74. The third-order valence-corrected chi connectivity index (χ3v) is 3.92. The Bertz CT molecular complexity index is 356. The number of ether oxygens (including phenoxy) is 1. The van der Waals surface area contributed by atoms with E-state index in [1.54, 1.807) is 13.0 Å². The molecule has 3 heteroatoms. The standard InChI is InChI=1S/C13H20O3/c1-9(14)5-6-13-11(2,3)7-10(15)8-12(13,4)16-13/h5-6,9,14H,7-8H2,1-4H3. The van der Waals surface area contributed by atoms with Gasteiger partial charge in [-0.25, -0.2) is 0 Å². The number of epoxide rings is 1. The topological polar surface area (TPSA) is 49.8 Å². The van der Waals surface area contributed by atoms with Gasteiger partial charge in [0.1, 0.15) is 17.0 Å². The zero-order valence-electron chi connectivity index (χ0n) is 10.4. The fraction of sp³-hybridized carbons (Fsp3) is 0.769. The van der Waals surface area contributed by atoms with Crippen molar-refractivity contribution in [1.29, 1.82) is 0 Å². The molecule has 16 heavy (non-hydrogen) atoms. The molecule has 0 amide bonds. The van der Waals surface area contributed by atoms with Gasteiger partial charge in [0.05, 0.1) is 6.10 Å². The molecule has 1 N–H and O–H groups in total. The van der Waals surface area contributed by atoms with Crippen LogP contribution in [0.5, 0.6) is 0 Å². The Hall–Kier alpha value is -0.670. The highest BCUT2D eigenvalue weighted by molar-refractivity contribution is 5.83. The van der Waals surface area contributed by atoms with E-state index < -0.39 is 6.10 Å². The highest BCUT2D eigenvalue weighted by Crippen LogP contribution is 2.65. The summed E-state index contributed by atoms with van der Waals surface area (Å²) >= 11 is 0. The third-order valence-electron chi connectivity index (χ3n) is 3.92. The SMILES string of the molecule is CC(O)C=CC12OC1(C)CC(=O)CC2(C)C. The van der Waals surface area contributed by atoms with Crippen molar-refractivity contribution < 1.29 is 14.6 Å². The fourth-order valence-electron chi connectivity index (χ4n) is 3.12. The molecule has 2 fully saturated rings. The van der Waals surface area contributed by atoms with Gasteiger partial charge in [0.15, 0.2) is 0 Å². The number of aliphatic hydroxyl groups is 1. The molecule has 0 radical (unpaired) electrons. The first-order valence-corrected chi connectivity index (χ1v) is 5.82. The molecule has 0 aromatic heterocycles. The van der Waals surface area contributed by atoms with E-state index in [0.717, 1.165) is 0 Å². The number of hydrogen-bond donors (Lipinski definition) is 1. The Morgan fingerprint density at radius 1 is 1.38 bits per heavy atom. The highest BCUT2D eigenvalue weighted by atomic mass is 16.6. The van der Waals surface area contributed by atoms with E-state index >= 15 is 0 Å². The monoisotopic (exact) mass is 224 g/mol. The summed E-state index contributed by atoms with van der Waals surface area (Å²) in [5, 5.41) is 9.31. The maximum absolute atomic E-state index is 11.6. The summed E-state index contributed by atoms with van der Waals surface area (Å²) in [6, 6.07) is 0. The lowest BCUT2D eigenvalue weighted by Crippen LogP contribution is -2.44. The van der Waals surface area contributed by atoms with E-state index in [-0.39, 0.29) is 22.4 Å². The van der Waals surface area contributed by atoms with Gasteiger partial charge in [-0.1, -0.05) is 26.0 Å². The lowest BCUT2D eigenvalue weighted by Gasteiger charge is -2.35. The number of aliphatic hydroxyl groups excluding tert-OH is 1. The van der Waals surface area contributed by atoms with Crippen LogP contribution >= 0.6 is 0 Å². The van der Waals surface area contributed by atoms with E-state index in [9.17, 15) is 9.90 Å². The van der Waals surface area contributed by atoms with E-state index in [2.05, 4.69) is 13.8 Å². The summed E-state index contributed by atoms with van der Waals surface area (Å²) in [6.07, 6.45) is 4.26. The Morgan fingerprint density at radius 3 is 2.50 bits per heavy atom. The zero-order valence-corrected chi connectivity index (χ0v) is 10.4. The smallest absolute Gasteiger partial charge is 0.136 e. The van der Waals surface area contributed by atoms with Crippen LogP contribution < -0.4 is 0 Å². The Morgan fingerprint density at radius 2 is 2.00 bits per heavy atom. The van der Waals surface area contributed by atoms with Gasteiger partial charge in [-0.2, -0.15) is 0 Å². The molecule has 3 atom stereocenters. The number of fused-ring (bicyclic) bond motifs is 1. The van der Waals surface area contributed by atoms with Crippen molar-refractivity contribution in [3.63, 3.8) is 0 Å². The first kappa shape index (κ1) is 11.8. The average Bonchev–Trinajstić information content (AvgIpc) is 2.67. The molecular weight excluding hydrogens is 204 g/mol. The molecule has 90 valence electrons. The summed E-state index contributed by atoms with van der Waals surface area (Å²) in [5.74, 6) is 0.270. The molecule has 1 saturated heterocycles. The van der Waals surface area contributed by atoms with Crippen LogP contribution in [0.4, 0.5) is 0 Å². The molecule has 2 rings (SSSR count). The maximum Gasteiger partial charge on any atom is 0.136 e. The van der Waals surface area contributed by atoms with Crippen molar-refractivity contribution in [2.24, 2.45) is 5.41 Å². The first-order chi connectivity index (χ1) is 7.22. The van der Waals surface area contributed by atoms with Gasteiger partial charge in [0.2, 0.25) is 0 Å². The summed E-state index contributed by atoms with van der Waals surface area (Å²) in [6.45, 7) is 7.81. The molecule has 1 saturated carbocycles. The molecule has 1 aliphatic heterocycles. The van der Waals surface area contributed by atoms with E-state index in [1.165, 1.54) is 0 Å². The third kappa shape index (κ3) is 1.45. The summed E-state index contributed by atoms with van der Waals surface area (Å²) in [7, 11) is 0. The zero-order chi connectivity index (χ0) is 12.2. The lowest BCUT2D eigenvalue weighted by molar-refractivity contribution is -0.123. The summed E-state index contributed by atoms with van der Waals surface area (Å²) in [4.78, 5) is 11.6. The van der Waals surface area contributed by atoms with Gasteiger partial charge in [0.25, 0.3) is 0 Å². The number of carbonyl (C=O) groups is 1. The van der Waals surface area contributed by atoms with Crippen LogP contribution in [-0.2, 0) is 9.53 Å². The van der Waals surface area contributed by atoms with Gasteiger partial charge in [0, 0.05) is 18.3 Å². The second-order valence-electron chi connectivity index (χ2n) is 5.94. The van der Waals surface area contributed by atoms with E-state index in [4.69, 9.17) is 4.74 Å². The number of hydrogen-bond acceptors (Lipinski definition) is 3. The number of carbonyl (C=O) groups excluding carboxylic acids is 1. The lowest BCUT2D eigenvalue weighted by atomic mass is 9.63.